The first-order valence-corrected chi connectivity index (χ1v) is 12.4. The highest BCUT2D eigenvalue weighted by molar-refractivity contribution is 7.92. The third-order valence-electron chi connectivity index (χ3n) is 5.52. The van der Waals surface area contributed by atoms with Crippen LogP contribution in [0.2, 0.25) is 0 Å². The monoisotopic (exact) mass is 498 g/mol. The number of rotatable bonds is 9. The number of amides is 1. The van der Waals surface area contributed by atoms with E-state index in [1.807, 2.05) is 26.8 Å². The molecule has 1 amide bonds. The summed E-state index contributed by atoms with van der Waals surface area (Å²) in [6, 6.07) is 14.6. The standard InChI is InChI=1S/C26H30N2O6S/c1-16-13-17(2)18(3)24(14-16)34-19(4)26(29)27-20-7-10-22(11-8-20)35(30,31)28-23-12-9-21(32-5)15-25(23)33-6/h7-15,19,28H,1-6H3,(H,27,29)/t19-/m1/s1. The normalized spacial score (nSPS) is 11.9. The molecule has 0 aromatic heterocycles. The third kappa shape index (κ3) is 6.24. The zero-order valence-electron chi connectivity index (χ0n) is 20.6. The van der Waals surface area contributed by atoms with Crippen LogP contribution in [-0.4, -0.2) is 34.6 Å². The number of nitrogens with one attached hydrogen (secondary N) is 2. The molecule has 8 nitrogen and oxygen atoms in total. The highest BCUT2D eigenvalue weighted by Crippen LogP contribution is 2.31. The molecule has 0 fully saturated rings. The molecule has 3 aromatic carbocycles. The molecule has 0 spiro atoms. The van der Waals surface area contributed by atoms with E-state index in [2.05, 4.69) is 16.1 Å². The van der Waals surface area contributed by atoms with E-state index in [1.165, 1.54) is 38.5 Å². The van der Waals surface area contributed by atoms with E-state index < -0.39 is 16.1 Å². The number of sulfonamides is 1. The largest absolute Gasteiger partial charge is 0.497 e. The summed E-state index contributed by atoms with van der Waals surface area (Å²) in [5.74, 6) is 1.17. The van der Waals surface area contributed by atoms with E-state index in [4.69, 9.17) is 14.2 Å². The fourth-order valence-corrected chi connectivity index (χ4v) is 4.49. The van der Waals surface area contributed by atoms with Crippen LogP contribution in [0.15, 0.2) is 59.5 Å². The minimum Gasteiger partial charge on any atom is -0.497 e. The summed E-state index contributed by atoms with van der Waals surface area (Å²) < 4.78 is 44.5. The van der Waals surface area contributed by atoms with Gasteiger partial charge >= 0.3 is 0 Å². The van der Waals surface area contributed by atoms with E-state index in [1.54, 1.807) is 25.1 Å². The van der Waals surface area contributed by atoms with E-state index in [0.717, 1.165) is 16.7 Å². The van der Waals surface area contributed by atoms with Gasteiger partial charge in [-0.25, -0.2) is 8.42 Å². The van der Waals surface area contributed by atoms with Crippen LogP contribution in [0.1, 0.15) is 23.6 Å². The minimum atomic E-state index is -3.89. The second-order valence-electron chi connectivity index (χ2n) is 8.15. The molecule has 0 bridgehead atoms. The van der Waals surface area contributed by atoms with Crippen molar-refractivity contribution >= 4 is 27.3 Å². The van der Waals surface area contributed by atoms with Gasteiger partial charge in [-0.3, -0.25) is 9.52 Å². The maximum Gasteiger partial charge on any atom is 0.265 e. The molecule has 0 radical (unpaired) electrons. The SMILES string of the molecule is COc1ccc(NS(=O)(=O)c2ccc(NC(=O)[C@@H](C)Oc3cc(C)cc(C)c3C)cc2)c(OC)c1. The molecule has 0 aliphatic rings. The van der Waals surface area contributed by atoms with Gasteiger partial charge in [0.25, 0.3) is 15.9 Å². The van der Waals surface area contributed by atoms with Gasteiger partial charge in [-0.05, 0) is 86.8 Å². The second-order valence-corrected chi connectivity index (χ2v) is 9.83. The van der Waals surface area contributed by atoms with E-state index >= 15 is 0 Å². The molecule has 3 rings (SSSR count). The van der Waals surface area contributed by atoms with Crippen LogP contribution >= 0.6 is 0 Å². The van der Waals surface area contributed by atoms with Gasteiger partial charge in [-0.15, -0.1) is 0 Å². The molecule has 9 heteroatoms. The zero-order valence-corrected chi connectivity index (χ0v) is 21.4. The molecule has 1 atom stereocenters. The quantitative estimate of drug-likeness (QED) is 0.438. The van der Waals surface area contributed by atoms with Crippen molar-refractivity contribution in [1.29, 1.82) is 0 Å². The fraction of sp³-hybridized carbons (Fsp3) is 0.269. The maximum atomic E-state index is 12.9. The minimum absolute atomic E-state index is 0.0310. The molecule has 3 aromatic rings. The summed E-state index contributed by atoms with van der Waals surface area (Å²) >= 11 is 0. The smallest absolute Gasteiger partial charge is 0.265 e. The number of aryl methyl sites for hydroxylation is 2. The third-order valence-corrected chi connectivity index (χ3v) is 6.90. The van der Waals surface area contributed by atoms with Crippen LogP contribution in [0.5, 0.6) is 17.2 Å². The molecule has 0 heterocycles. The molecular weight excluding hydrogens is 468 g/mol. The lowest BCUT2D eigenvalue weighted by molar-refractivity contribution is -0.122. The first-order valence-electron chi connectivity index (χ1n) is 10.9. The first-order chi connectivity index (χ1) is 16.5. The van der Waals surface area contributed by atoms with Gasteiger partial charge in [0.1, 0.15) is 17.2 Å². The Bertz CT molecular complexity index is 1320. The van der Waals surface area contributed by atoms with Crippen LogP contribution in [-0.2, 0) is 14.8 Å². The van der Waals surface area contributed by atoms with Crippen molar-refractivity contribution in [1.82, 2.24) is 0 Å². The molecule has 0 unspecified atom stereocenters. The number of carbonyl (C=O) groups excluding carboxylic acids is 1. The summed E-state index contributed by atoms with van der Waals surface area (Å²) in [7, 11) is -0.938. The van der Waals surface area contributed by atoms with Crippen LogP contribution in [0.3, 0.4) is 0 Å². The molecule has 186 valence electrons. The Morgan fingerprint density at radius 2 is 1.57 bits per heavy atom. The summed E-state index contributed by atoms with van der Waals surface area (Å²) in [6.45, 7) is 7.58. The van der Waals surface area contributed by atoms with Crippen LogP contribution in [0.4, 0.5) is 11.4 Å². The van der Waals surface area contributed by atoms with E-state index in [9.17, 15) is 13.2 Å². The molecular formula is C26H30N2O6S. The average Bonchev–Trinajstić information content (AvgIpc) is 2.82. The highest BCUT2D eigenvalue weighted by atomic mass is 32.2. The van der Waals surface area contributed by atoms with Crippen molar-refractivity contribution in [2.75, 3.05) is 24.3 Å². The predicted octanol–water partition coefficient (Wildman–Crippen LogP) is 4.84. The number of benzene rings is 3. The van der Waals surface area contributed by atoms with Crippen molar-refractivity contribution in [3.05, 3.63) is 71.3 Å². The van der Waals surface area contributed by atoms with Gasteiger partial charge in [0.2, 0.25) is 0 Å². The second kappa shape index (κ2) is 10.7. The van der Waals surface area contributed by atoms with E-state index in [0.29, 0.717) is 22.9 Å². The lowest BCUT2D eigenvalue weighted by Gasteiger charge is -2.18. The van der Waals surface area contributed by atoms with Crippen molar-refractivity contribution in [3.8, 4) is 17.2 Å². The lowest BCUT2D eigenvalue weighted by Crippen LogP contribution is -2.30. The predicted molar refractivity (Wildman–Crippen MR) is 136 cm³/mol. The Hall–Kier alpha value is -3.72. The number of anilines is 2. The topological polar surface area (TPSA) is 103 Å². The number of methoxy groups -OCH3 is 2. The number of carbonyl (C=O) groups is 1. The highest BCUT2D eigenvalue weighted by Gasteiger charge is 2.19. The molecule has 0 aliphatic heterocycles. The summed E-state index contributed by atoms with van der Waals surface area (Å²) in [5.41, 5.74) is 3.84. The average molecular weight is 499 g/mol. The lowest BCUT2D eigenvalue weighted by atomic mass is 10.1. The van der Waals surface area contributed by atoms with Gasteiger partial charge in [0, 0.05) is 11.8 Å². The van der Waals surface area contributed by atoms with Gasteiger partial charge in [-0.2, -0.15) is 0 Å². The Labute approximate surface area is 206 Å². The van der Waals surface area contributed by atoms with Crippen LogP contribution in [0, 0.1) is 20.8 Å². The summed E-state index contributed by atoms with van der Waals surface area (Å²) in [4.78, 5) is 12.7. The first kappa shape index (κ1) is 25.9. The van der Waals surface area contributed by atoms with Crippen LogP contribution < -0.4 is 24.2 Å². The number of hydrogen-bond acceptors (Lipinski definition) is 6. The Kier molecular flexibility index (Phi) is 7.91. The Balaban J connectivity index is 1.69. The summed E-state index contributed by atoms with van der Waals surface area (Å²) in [6.07, 6.45) is -0.748. The molecule has 0 saturated carbocycles. The zero-order chi connectivity index (χ0) is 25.8. The maximum absolute atomic E-state index is 12.9. The van der Waals surface area contributed by atoms with Gasteiger partial charge in [0.15, 0.2) is 6.10 Å². The van der Waals surface area contributed by atoms with Crippen molar-refractivity contribution in [2.24, 2.45) is 0 Å². The molecule has 0 aliphatic carbocycles. The molecule has 35 heavy (non-hydrogen) atoms. The van der Waals surface area contributed by atoms with Crippen molar-refractivity contribution in [3.63, 3.8) is 0 Å². The van der Waals surface area contributed by atoms with Gasteiger partial charge in [-0.1, -0.05) is 6.07 Å². The fourth-order valence-electron chi connectivity index (χ4n) is 3.41. The van der Waals surface area contributed by atoms with Gasteiger partial charge < -0.3 is 19.5 Å². The Morgan fingerprint density at radius 1 is 0.886 bits per heavy atom. The van der Waals surface area contributed by atoms with Crippen LogP contribution in [0.25, 0.3) is 0 Å². The molecule has 2 N–H and O–H groups in total. The van der Waals surface area contributed by atoms with Gasteiger partial charge in [0.05, 0.1) is 24.8 Å². The van der Waals surface area contributed by atoms with E-state index in [-0.39, 0.29) is 16.5 Å². The summed E-state index contributed by atoms with van der Waals surface area (Å²) in [5, 5.41) is 2.76. The number of hydrogen-bond donors (Lipinski definition) is 2. The molecule has 0 saturated heterocycles. The Morgan fingerprint density at radius 3 is 2.20 bits per heavy atom. The van der Waals surface area contributed by atoms with Crippen molar-refractivity contribution < 1.29 is 27.4 Å². The van der Waals surface area contributed by atoms with Crippen molar-refractivity contribution in [2.45, 2.75) is 38.7 Å². The number of ether oxygens (including phenoxy) is 3.